The highest BCUT2D eigenvalue weighted by Crippen LogP contribution is 2.24. The SMILES string of the molecule is C=C(C)CN1C(=O)C2C(=NC3=[N+]2CC(C)=NN3C(C)C)N(C)C1=O. The van der Waals surface area contributed by atoms with Crippen molar-refractivity contribution in [3.63, 3.8) is 0 Å². The summed E-state index contributed by atoms with van der Waals surface area (Å²) in [5.74, 6) is 0.836. The van der Waals surface area contributed by atoms with Crippen LogP contribution in [-0.2, 0) is 4.79 Å². The molecule has 1 saturated heterocycles. The van der Waals surface area contributed by atoms with Gasteiger partial charge in [-0.2, -0.15) is 0 Å². The molecule has 128 valence electrons. The Hall–Kier alpha value is -2.51. The molecule has 0 aromatic carbocycles. The molecular weight excluding hydrogens is 308 g/mol. The number of imide groups is 1. The van der Waals surface area contributed by atoms with Gasteiger partial charge < -0.3 is 0 Å². The van der Waals surface area contributed by atoms with E-state index in [9.17, 15) is 9.59 Å². The normalized spacial score (nSPS) is 23.6. The molecule has 0 aliphatic carbocycles. The maximum absolute atomic E-state index is 13.0. The van der Waals surface area contributed by atoms with Gasteiger partial charge in [-0.3, -0.25) is 14.6 Å². The number of hydrogen-bond acceptors (Lipinski definition) is 5. The Morgan fingerprint density at radius 3 is 2.67 bits per heavy atom. The molecule has 0 radical (unpaired) electrons. The predicted molar refractivity (Wildman–Crippen MR) is 91.1 cm³/mol. The largest absolute Gasteiger partial charge is 0.416 e. The van der Waals surface area contributed by atoms with Crippen molar-refractivity contribution in [3.05, 3.63) is 12.2 Å². The number of rotatable bonds is 3. The smallest absolute Gasteiger partial charge is 0.270 e. The van der Waals surface area contributed by atoms with Crippen molar-refractivity contribution in [1.29, 1.82) is 0 Å². The van der Waals surface area contributed by atoms with Crippen molar-refractivity contribution in [1.82, 2.24) is 14.8 Å². The number of carbonyl (C=O) groups excluding carboxylic acids is 2. The summed E-state index contributed by atoms with van der Waals surface area (Å²) >= 11 is 0. The first-order valence-corrected chi connectivity index (χ1v) is 8.01. The van der Waals surface area contributed by atoms with E-state index in [0.717, 1.165) is 11.3 Å². The number of guanidine groups is 1. The minimum absolute atomic E-state index is 0.102. The fourth-order valence-electron chi connectivity index (χ4n) is 3.12. The van der Waals surface area contributed by atoms with Gasteiger partial charge >= 0.3 is 12.0 Å². The molecule has 8 heteroatoms. The lowest BCUT2D eigenvalue weighted by Gasteiger charge is -2.34. The van der Waals surface area contributed by atoms with Crippen molar-refractivity contribution in [2.45, 2.75) is 39.8 Å². The third kappa shape index (κ3) is 2.33. The lowest BCUT2D eigenvalue weighted by Crippen LogP contribution is -2.63. The molecule has 3 rings (SSSR count). The van der Waals surface area contributed by atoms with Crippen LogP contribution in [0.5, 0.6) is 0 Å². The molecule has 0 N–H and O–H groups in total. The third-order valence-electron chi connectivity index (χ3n) is 4.19. The molecule has 0 aromatic rings. The van der Waals surface area contributed by atoms with Crippen LogP contribution in [0.15, 0.2) is 22.2 Å². The Balaban J connectivity index is 2.04. The van der Waals surface area contributed by atoms with Crippen LogP contribution in [0.1, 0.15) is 27.7 Å². The summed E-state index contributed by atoms with van der Waals surface area (Å²) in [5.41, 5.74) is 1.66. The lowest BCUT2D eigenvalue weighted by atomic mass is 10.1. The minimum Gasteiger partial charge on any atom is -0.270 e. The van der Waals surface area contributed by atoms with Crippen molar-refractivity contribution < 1.29 is 14.2 Å². The second-order valence-corrected chi connectivity index (χ2v) is 6.80. The van der Waals surface area contributed by atoms with Gasteiger partial charge in [0.15, 0.2) is 0 Å². The van der Waals surface area contributed by atoms with Crippen LogP contribution in [0.3, 0.4) is 0 Å². The molecule has 0 bridgehead atoms. The Kier molecular flexibility index (Phi) is 3.77. The second-order valence-electron chi connectivity index (χ2n) is 6.80. The lowest BCUT2D eigenvalue weighted by molar-refractivity contribution is -0.528. The number of amides is 3. The molecule has 3 aliphatic heterocycles. The van der Waals surface area contributed by atoms with Crippen LogP contribution < -0.4 is 0 Å². The summed E-state index contributed by atoms with van der Waals surface area (Å²) in [4.78, 5) is 32.8. The molecule has 0 spiro atoms. The minimum atomic E-state index is -0.589. The number of amidine groups is 1. The van der Waals surface area contributed by atoms with E-state index in [-0.39, 0.29) is 24.5 Å². The molecule has 0 saturated carbocycles. The molecule has 3 aliphatic rings. The predicted octanol–water partition coefficient (Wildman–Crippen LogP) is 0.706. The van der Waals surface area contributed by atoms with Crippen LogP contribution >= 0.6 is 0 Å². The highest BCUT2D eigenvalue weighted by Gasteiger charge is 2.54. The zero-order valence-corrected chi connectivity index (χ0v) is 14.8. The maximum Gasteiger partial charge on any atom is 0.416 e. The number of hydrogen-bond donors (Lipinski definition) is 0. The Morgan fingerprint density at radius 1 is 1.42 bits per heavy atom. The molecule has 1 fully saturated rings. The second kappa shape index (κ2) is 5.54. The van der Waals surface area contributed by atoms with Crippen molar-refractivity contribution in [3.8, 4) is 0 Å². The molecular formula is C16H23N6O2+. The molecule has 1 unspecified atom stereocenters. The maximum atomic E-state index is 13.0. The van der Waals surface area contributed by atoms with Gasteiger partial charge in [0.25, 0.3) is 5.91 Å². The van der Waals surface area contributed by atoms with Gasteiger partial charge in [-0.15, -0.1) is 10.1 Å². The Bertz CT molecular complexity index is 733. The molecule has 1 atom stereocenters. The topological polar surface area (TPSA) is 71.6 Å². The summed E-state index contributed by atoms with van der Waals surface area (Å²) < 4.78 is 1.92. The average Bonchev–Trinajstić information content (AvgIpc) is 2.87. The van der Waals surface area contributed by atoms with E-state index in [4.69, 9.17) is 0 Å². The fourth-order valence-corrected chi connectivity index (χ4v) is 3.12. The average molecular weight is 331 g/mol. The first-order chi connectivity index (χ1) is 11.2. The Labute approximate surface area is 141 Å². The van der Waals surface area contributed by atoms with Crippen molar-refractivity contribution in [2.75, 3.05) is 20.1 Å². The van der Waals surface area contributed by atoms with E-state index in [2.05, 4.69) is 16.7 Å². The van der Waals surface area contributed by atoms with Gasteiger partial charge in [-0.1, -0.05) is 17.1 Å². The standard InChI is InChI=1S/C16H23N6O2/c1-9(2)7-21-14(23)12-13(19(6)16(21)24)17-15-20(12)8-11(5)18-22(15)10(3)4/h10,12H,1,7-8H2,2-6H3/q+1. The van der Waals surface area contributed by atoms with Gasteiger partial charge in [0.2, 0.25) is 11.9 Å². The molecule has 0 aromatic heterocycles. The van der Waals surface area contributed by atoms with Gasteiger partial charge in [-0.25, -0.2) is 9.37 Å². The molecule has 3 amide bonds. The molecule has 8 nitrogen and oxygen atoms in total. The van der Waals surface area contributed by atoms with Crippen LogP contribution in [0.4, 0.5) is 4.79 Å². The number of aliphatic imine (C=N–C) groups is 1. The fraction of sp³-hybridized carbons (Fsp3) is 0.562. The summed E-state index contributed by atoms with van der Waals surface area (Å²) in [6.45, 7) is 12.3. The summed E-state index contributed by atoms with van der Waals surface area (Å²) in [5, 5.41) is 6.34. The summed E-state index contributed by atoms with van der Waals surface area (Å²) in [7, 11) is 1.65. The van der Waals surface area contributed by atoms with Gasteiger partial charge in [0, 0.05) is 7.05 Å². The van der Waals surface area contributed by atoms with Crippen LogP contribution in [0.2, 0.25) is 0 Å². The van der Waals surface area contributed by atoms with E-state index in [1.807, 2.05) is 25.3 Å². The quantitative estimate of drug-likeness (QED) is 0.565. The van der Waals surface area contributed by atoms with E-state index in [1.165, 1.54) is 9.80 Å². The van der Waals surface area contributed by atoms with Gasteiger partial charge in [-0.05, 0) is 27.7 Å². The molecule has 3 heterocycles. The number of urea groups is 1. The monoisotopic (exact) mass is 331 g/mol. The molecule has 24 heavy (non-hydrogen) atoms. The van der Waals surface area contributed by atoms with E-state index >= 15 is 0 Å². The Morgan fingerprint density at radius 2 is 2.08 bits per heavy atom. The van der Waals surface area contributed by atoms with Crippen molar-refractivity contribution in [2.24, 2.45) is 10.1 Å². The van der Waals surface area contributed by atoms with Gasteiger partial charge in [0.05, 0.1) is 18.3 Å². The first-order valence-electron chi connectivity index (χ1n) is 8.01. The zero-order chi connectivity index (χ0) is 17.8. The zero-order valence-electron chi connectivity index (χ0n) is 14.8. The van der Waals surface area contributed by atoms with Gasteiger partial charge in [0.1, 0.15) is 6.54 Å². The van der Waals surface area contributed by atoms with Crippen LogP contribution in [0.25, 0.3) is 0 Å². The number of hydrazone groups is 1. The summed E-state index contributed by atoms with van der Waals surface area (Å²) in [6.07, 6.45) is 0. The number of nitrogens with zero attached hydrogens (tertiary/aromatic N) is 6. The van der Waals surface area contributed by atoms with E-state index in [0.29, 0.717) is 18.3 Å². The highest BCUT2D eigenvalue weighted by molar-refractivity contribution is 6.23. The van der Waals surface area contributed by atoms with Crippen LogP contribution in [-0.4, -0.2) is 81.1 Å². The number of carbonyl (C=O) groups is 2. The summed E-state index contributed by atoms with van der Waals surface area (Å²) in [6, 6.07) is -0.856. The number of likely N-dealkylation sites (N-methyl/N-ethyl adjacent to an activating group) is 1. The number of fused-ring (bicyclic) bond motifs is 2. The first kappa shape index (κ1) is 16.4. The highest BCUT2D eigenvalue weighted by atomic mass is 16.2. The van der Waals surface area contributed by atoms with E-state index < -0.39 is 6.04 Å². The van der Waals surface area contributed by atoms with Crippen LogP contribution in [0, 0.1) is 0 Å². The van der Waals surface area contributed by atoms with Crippen molar-refractivity contribution >= 4 is 29.4 Å². The van der Waals surface area contributed by atoms with E-state index in [1.54, 1.807) is 19.0 Å². The third-order valence-corrected chi connectivity index (χ3v) is 4.19.